The van der Waals surface area contributed by atoms with Gasteiger partial charge in [0, 0.05) is 6.42 Å². The second-order valence-corrected chi connectivity index (χ2v) is 3.81. The molecule has 0 aromatic carbocycles. The molecule has 0 unspecified atom stereocenters. The number of likely N-dealkylation sites (tertiary alicyclic amines) is 1. The average molecular weight is 222 g/mol. The molecule has 3 nitrogen and oxygen atoms in total. The summed E-state index contributed by atoms with van der Waals surface area (Å²) in [6.07, 6.45) is 3.58. The number of hydrogen-bond acceptors (Lipinski definition) is 2. The molecule has 0 atom stereocenters. The van der Waals surface area contributed by atoms with Crippen LogP contribution in [0.5, 0.6) is 0 Å². The molecule has 1 aliphatic rings. The smallest absolute Gasteiger partial charge is 0.303 e. The first-order chi connectivity index (χ1) is 6.22. The molecule has 0 spiro atoms. The van der Waals surface area contributed by atoms with Crippen LogP contribution in [-0.4, -0.2) is 35.6 Å². The van der Waals surface area contributed by atoms with Crippen molar-refractivity contribution in [2.24, 2.45) is 5.92 Å². The highest BCUT2D eigenvalue weighted by Gasteiger charge is 2.18. The van der Waals surface area contributed by atoms with E-state index in [1.807, 2.05) is 0 Å². The van der Waals surface area contributed by atoms with Gasteiger partial charge in [0.1, 0.15) is 0 Å². The predicted molar refractivity (Wildman–Crippen MR) is 59.0 cm³/mol. The Labute approximate surface area is 91.9 Å². The highest BCUT2D eigenvalue weighted by atomic mass is 35.5. The zero-order chi connectivity index (χ0) is 9.68. The summed E-state index contributed by atoms with van der Waals surface area (Å²) in [5, 5.41) is 8.53. The third-order valence-corrected chi connectivity index (χ3v) is 2.92. The molecule has 1 N–H and O–H groups in total. The van der Waals surface area contributed by atoms with Gasteiger partial charge < -0.3 is 10.0 Å². The third kappa shape index (κ3) is 4.82. The number of halogens is 1. The number of carbonyl (C=O) groups is 1. The fourth-order valence-corrected chi connectivity index (χ4v) is 1.92. The number of carboxylic acids is 1. The summed E-state index contributed by atoms with van der Waals surface area (Å²) in [6, 6.07) is 0. The molecule has 1 fully saturated rings. The predicted octanol–water partition coefficient (Wildman–Crippen LogP) is 2.00. The number of carboxylic acid groups (broad SMARTS) is 1. The summed E-state index contributed by atoms with van der Waals surface area (Å²) >= 11 is 0. The Morgan fingerprint density at radius 1 is 1.43 bits per heavy atom. The van der Waals surface area contributed by atoms with Crippen LogP contribution in [-0.2, 0) is 4.79 Å². The quantitative estimate of drug-likeness (QED) is 0.790. The van der Waals surface area contributed by atoms with Gasteiger partial charge in [-0.3, -0.25) is 4.79 Å². The van der Waals surface area contributed by atoms with Crippen molar-refractivity contribution in [3.63, 3.8) is 0 Å². The molecule has 0 bridgehead atoms. The van der Waals surface area contributed by atoms with Gasteiger partial charge >= 0.3 is 5.97 Å². The number of aliphatic carboxylic acids is 1. The van der Waals surface area contributed by atoms with Crippen LogP contribution >= 0.6 is 12.4 Å². The Bertz CT molecular complexity index is 168. The van der Waals surface area contributed by atoms with E-state index in [0.717, 1.165) is 26.1 Å². The topological polar surface area (TPSA) is 40.5 Å². The third-order valence-electron chi connectivity index (χ3n) is 2.92. The van der Waals surface area contributed by atoms with Crippen LogP contribution in [0.4, 0.5) is 0 Å². The molecule has 0 saturated carbocycles. The van der Waals surface area contributed by atoms with E-state index in [4.69, 9.17) is 5.11 Å². The first-order valence-electron chi connectivity index (χ1n) is 5.16. The monoisotopic (exact) mass is 221 g/mol. The van der Waals surface area contributed by atoms with Crippen LogP contribution < -0.4 is 0 Å². The first kappa shape index (κ1) is 13.7. The maximum atomic E-state index is 10.4. The van der Waals surface area contributed by atoms with Crippen LogP contribution in [0.15, 0.2) is 0 Å². The van der Waals surface area contributed by atoms with Crippen LogP contribution in [0.3, 0.4) is 0 Å². The molecule has 84 valence electrons. The summed E-state index contributed by atoms with van der Waals surface area (Å²) in [7, 11) is 0. The van der Waals surface area contributed by atoms with Crippen molar-refractivity contribution in [1.82, 2.24) is 4.90 Å². The van der Waals surface area contributed by atoms with Crippen LogP contribution in [0.2, 0.25) is 0 Å². The lowest BCUT2D eigenvalue weighted by Crippen LogP contribution is -2.33. The standard InChI is InChI=1S/C10H19NO2.ClH/c1-2-11-7-5-9(6-8-11)3-4-10(12)13;/h9H,2-8H2,1H3,(H,12,13);1H. The van der Waals surface area contributed by atoms with Crippen molar-refractivity contribution >= 4 is 18.4 Å². The van der Waals surface area contributed by atoms with Crippen LogP contribution in [0, 0.1) is 5.92 Å². The van der Waals surface area contributed by atoms with Gasteiger partial charge in [-0.15, -0.1) is 12.4 Å². The molecule has 1 heterocycles. The van der Waals surface area contributed by atoms with Crippen LogP contribution in [0.25, 0.3) is 0 Å². The summed E-state index contributed by atoms with van der Waals surface area (Å²) in [4.78, 5) is 12.8. The SMILES string of the molecule is CCN1CCC(CCC(=O)O)CC1.Cl. The van der Waals surface area contributed by atoms with E-state index in [2.05, 4.69) is 11.8 Å². The van der Waals surface area contributed by atoms with Gasteiger partial charge in [0.05, 0.1) is 0 Å². The lowest BCUT2D eigenvalue weighted by atomic mass is 9.92. The van der Waals surface area contributed by atoms with Gasteiger partial charge in [0.25, 0.3) is 0 Å². The van der Waals surface area contributed by atoms with E-state index < -0.39 is 5.97 Å². The molecule has 4 heteroatoms. The zero-order valence-corrected chi connectivity index (χ0v) is 9.55. The number of rotatable bonds is 4. The Morgan fingerprint density at radius 3 is 2.43 bits per heavy atom. The zero-order valence-electron chi connectivity index (χ0n) is 8.74. The molecule has 1 aliphatic heterocycles. The summed E-state index contributed by atoms with van der Waals surface area (Å²) < 4.78 is 0. The molecule has 14 heavy (non-hydrogen) atoms. The summed E-state index contributed by atoms with van der Waals surface area (Å²) in [5.41, 5.74) is 0. The maximum absolute atomic E-state index is 10.4. The van der Waals surface area contributed by atoms with Crippen molar-refractivity contribution in [2.45, 2.75) is 32.6 Å². The maximum Gasteiger partial charge on any atom is 0.303 e. The lowest BCUT2D eigenvalue weighted by molar-refractivity contribution is -0.137. The molecule has 0 aliphatic carbocycles. The van der Waals surface area contributed by atoms with Crippen molar-refractivity contribution in [3.05, 3.63) is 0 Å². The Hall–Kier alpha value is -0.280. The van der Waals surface area contributed by atoms with E-state index in [1.165, 1.54) is 12.8 Å². The van der Waals surface area contributed by atoms with Crippen molar-refractivity contribution < 1.29 is 9.90 Å². The van der Waals surface area contributed by atoms with Gasteiger partial charge in [-0.2, -0.15) is 0 Å². The van der Waals surface area contributed by atoms with E-state index >= 15 is 0 Å². The Morgan fingerprint density at radius 2 is 2.00 bits per heavy atom. The van der Waals surface area contributed by atoms with E-state index in [9.17, 15) is 4.79 Å². The molecule has 0 aromatic heterocycles. The molecule has 0 amide bonds. The van der Waals surface area contributed by atoms with Crippen molar-refractivity contribution in [3.8, 4) is 0 Å². The molecule has 0 aromatic rings. The second kappa shape index (κ2) is 7.07. The van der Waals surface area contributed by atoms with E-state index in [1.54, 1.807) is 0 Å². The van der Waals surface area contributed by atoms with Gasteiger partial charge in [0.2, 0.25) is 0 Å². The fourth-order valence-electron chi connectivity index (χ4n) is 1.92. The Kier molecular flexibility index (Phi) is 6.93. The van der Waals surface area contributed by atoms with Crippen LogP contribution in [0.1, 0.15) is 32.6 Å². The molecular formula is C10H20ClNO2. The molecule has 1 rings (SSSR count). The number of nitrogens with zero attached hydrogens (tertiary/aromatic N) is 1. The summed E-state index contributed by atoms with van der Waals surface area (Å²) in [5.74, 6) is -0.00294. The van der Waals surface area contributed by atoms with Gasteiger partial charge in [-0.05, 0) is 44.8 Å². The largest absolute Gasteiger partial charge is 0.481 e. The first-order valence-corrected chi connectivity index (χ1v) is 5.16. The van der Waals surface area contributed by atoms with Crippen molar-refractivity contribution in [1.29, 1.82) is 0 Å². The van der Waals surface area contributed by atoms with Gasteiger partial charge in [-0.1, -0.05) is 6.92 Å². The fraction of sp³-hybridized carbons (Fsp3) is 0.900. The minimum atomic E-state index is -0.655. The minimum absolute atomic E-state index is 0. The van der Waals surface area contributed by atoms with Gasteiger partial charge in [0.15, 0.2) is 0 Å². The molecular weight excluding hydrogens is 202 g/mol. The van der Waals surface area contributed by atoms with E-state index in [-0.39, 0.29) is 12.4 Å². The van der Waals surface area contributed by atoms with Crippen molar-refractivity contribution in [2.75, 3.05) is 19.6 Å². The Balaban J connectivity index is 0.00000169. The van der Waals surface area contributed by atoms with Gasteiger partial charge in [-0.25, -0.2) is 0 Å². The average Bonchev–Trinajstić information content (AvgIpc) is 2.15. The summed E-state index contributed by atoms with van der Waals surface area (Å²) in [6.45, 7) is 5.62. The van der Waals surface area contributed by atoms with E-state index in [0.29, 0.717) is 12.3 Å². The highest BCUT2D eigenvalue weighted by molar-refractivity contribution is 5.85. The normalized spacial score (nSPS) is 18.9. The molecule has 1 saturated heterocycles. The highest BCUT2D eigenvalue weighted by Crippen LogP contribution is 2.21. The second-order valence-electron chi connectivity index (χ2n) is 3.81. The minimum Gasteiger partial charge on any atom is -0.481 e. The lowest BCUT2D eigenvalue weighted by Gasteiger charge is -2.30. The number of piperidine rings is 1. The molecule has 0 radical (unpaired) electrons. The number of hydrogen-bond donors (Lipinski definition) is 1.